The van der Waals surface area contributed by atoms with Crippen molar-refractivity contribution in [3.63, 3.8) is 0 Å². The number of hydrogen-bond acceptors (Lipinski definition) is 7. The highest BCUT2D eigenvalue weighted by molar-refractivity contribution is 8.13. The van der Waals surface area contributed by atoms with Gasteiger partial charge in [-0.3, -0.25) is 19.2 Å². The van der Waals surface area contributed by atoms with Gasteiger partial charge in [-0.2, -0.15) is 0 Å². The molecule has 0 heterocycles. The molecule has 2 aromatic rings. The molecule has 0 saturated heterocycles. The molecule has 2 aromatic carbocycles. The van der Waals surface area contributed by atoms with Crippen LogP contribution in [-0.4, -0.2) is 70.1 Å². The standard InChI is InChI=1S/C25H31N3O5S2.CH4O/c1-4-18-7-9-19(10-8-18)14-23(34-17-30)25(32)28(2)13-5-6-24(31)26-21-12-11-20(16-29)22(15-21)27-35(3)33;1-2/h7-12,15-17,23,27H,4-6,13-14H2,1-3H3,(H,26,31);2H,1H3. The highest BCUT2D eigenvalue weighted by atomic mass is 32.2. The lowest BCUT2D eigenvalue weighted by molar-refractivity contribution is -0.129. The lowest BCUT2D eigenvalue weighted by Crippen LogP contribution is -2.36. The van der Waals surface area contributed by atoms with Gasteiger partial charge in [0.2, 0.25) is 11.8 Å². The van der Waals surface area contributed by atoms with Gasteiger partial charge < -0.3 is 20.0 Å². The molecule has 202 valence electrons. The number of aliphatic hydroxyl groups excluding tert-OH is 1. The van der Waals surface area contributed by atoms with E-state index in [-0.39, 0.29) is 18.2 Å². The first-order chi connectivity index (χ1) is 17.8. The van der Waals surface area contributed by atoms with Crippen molar-refractivity contribution in [1.29, 1.82) is 0 Å². The van der Waals surface area contributed by atoms with Crippen LogP contribution in [0.1, 0.15) is 41.3 Å². The summed E-state index contributed by atoms with van der Waals surface area (Å²) in [5.74, 6) is -0.405. The Morgan fingerprint density at radius 2 is 1.76 bits per heavy atom. The second kappa shape index (κ2) is 17.4. The van der Waals surface area contributed by atoms with Crippen LogP contribution in [0.4, 0.5) is 11.4 Å². The number of aldehydes is 1. The molecule has 0 fully saturated rings. The van der Waals surface area contributed by atoms with Gasteiger partial charge in [-0.1, -0.05) is 43.0 Å². The molecule has 0 aliphatic carbocycles. The fourth-order valence-corrected chi connectivity index (χ4v) is 4.63. The Hall–Kier alpha value is -3.02. The third-order valence-electron chi connectivity index (χ3n) is 5.34. The zero-order valence-electron chi connectivity index (χ0n) is 21.6. The first-order valence-corrected chi connectivity index (χ1v) is 14.1. The van der Waals surface area contributed by atoms with E-state index in [9.17, 15) is 23.4 Å². The van der Waals surface area contributed by atoms with Crippen molar-refractivity contribution in [3.05, 3.63) is 59.2 Å². The number of thioether (sulfide) groups is 1. The molecule has 0 aromatic heterocycles. The van der Waals surface area contributed by atoms with Gasteiger partial charge in [-0.25, -0.2) is 4.21 Å². The Labute approximate surface area is 225 Å². The Morgan fingerprint density at radius 1 is 1.11 bits per heavy atom. The molecule has 3 N–H and O–H groups in total. The topological polar surface area (TPSA) is 133 Å². The van der Waals surface area contributed by atoms with Crippen LogP contribution in [0.2, 0.25) is 0 Å². The van der Waals surface area contributed by atoms with E-state index in [1.54, 1.807) is 24.1 Å². The number of hydrogen-bond donors (Lipinski definition) is 3. The summed E-state index contributed by atoms with van der Waals surface area (Å²) in [5.41, 5.74) is 4.06. The van der Waals surface area contributed by atoms with Gasteiger partial charge in [-0.15, -0.1) is 0 Å². The number of aliphatic hydroxyl groups is 1. The lowest BCUT2D eigenvalue weighted by atomic mass is 10.1. The second-order valence-corrected chi connectivity index (χ2v) is 10.1. The molecule has 2 atom stereocenters. The molecule has 0 bridgehead atoms. The van der Waals surface area contributed by atoms with Crippen LogP contribution in [0, 0.1) is 0 Å². The first-order valence-electron chi connectivity index (χ1n) is 11.6. The molecule has 37 heavy (non-hydrogen) atoms. The third-order valence-corrected chi connectivity index (χ3v) is 6.65. The predicted octanol–water partition coefficient (Wildman–Crippen LogP) is 3.09. The Morgan fingerprint density at radius 3 is 2.32 bits per heavy atom. The highest BCUT2D eigenvalue weighted by Crippen LogP contribution is 2.21. The molecular weight excluding hydrogens is 514 g/mol. The average Bonchev–Trinajstić information content (AvgIpc) is 2.89. The molecule has 2 amide bonds. The highest BCUT2D eigenvalue weighted by Gasteiger charge is 2.23. The molecular formula is C26H35N3O6S2. The Bertz CT molecular complexity index is 1060. The van der Waals surface area contributed by atoms with Crippen LogP contribution in [0.15, 0.2) is 42.5 Å². The smallest absolute Gasteiger partial charge is 0.236 e. The quantitative estimate of drug-likeness (QED) is 0.309. The van der Waals surface area contributed by atoms with Gasteiger partial charge >= 0.3 is 0 Å². The first kappa shape index (κ1) is 32.0. The van der Waals surface area contributed by atoms with Crippen LogP contribution in [0.25, 0.3) is 0 Å². The van der Waals surface area contributed by atoms with Gasteiger partial charge in [0, 0.05) is 44.6 Å². The molecule has 11 heteroatoms. The van der Waals surface area contributed by atoms with Crippen LogP contribution in [0.5, 0.6) is 0 Å². The third kappa shape index (κ3) is 11.3. The summed E-state index contributed by atoms with van der Waals surface area (Å²) >= 11 is 0.964. The second-order valence-electron chi connectivity index (χ2n) is 7.98. The fraction of sp³-hybridized carbons (Fsp3) is 0.385. The number of aryl methyl sites for hydroxylation is 1. The summed E-state index contributed by atoms with van der Waals surface area (Å²) < 4.78 is 14.1. The van der Waals surface area contributed by atoms with Crippen LogP contribution < -0.4 is 10.0 Å². The van der Waals surface area contributed by atoms with Gasteiger partial charge in [0.05, 0.1) is 10.9 Å². The fourth-order valence-electron chi connectivity index (χ4n) is 3.42. The summed E-state index contributed by atoms with van der Waals surface area (Å²) in [6, 6.07) is 12.7. The molecule has 0 radical (unpaired) electrons. The monoisotopic (exact) mass is 549 g/mol. The van der Waals surface area contributed by atoms with Gasteiger partial charge in [0.1, 0.15) is 11.0 Å². The van der Waals surface area contributed by atoms with Crippen LogP contribution in [0.3, 0.4) is 0 Å². The summed E-state index contributed by atoms with van der Waals surface area (Å²) in [4.78, 5) is 49.1. The van der Waals surface area contributed by atoms with Gasteiger partial charge in [0.25, 0.3) is 0 Å². The number of carbonyl (C=O) groups excluding carboxylic acids is 4. The SMILES string of the molecule is CCc1ccc(CC(SC=O)C(=O)N(C)CCCC(=O)Nc2ccc(C=O)c(NS(C)=O)c2)cc1.CO. The molecule has 0 saturated carbocycles. The molecule has 0 aliphatic heterocycles. The minimum Gasteiger partial charge on any atom is -0.400 e. The minimum atomic E-state index is -1.37. The van der Waals surface area contributed by atoms with Crippen molar-refractivity contribution in [2.45, 2.75) is 37.9 Å². The molecule has 2 unspecified atom stereocenters. The van der Waals surface area contributed by atoms with E-state index >= 15 is 0 Å². The molecule has 9 nitrogen and oxygen atoms in total. The van der Waals surface area contributed by atoms with E-state index in [1.807, 2.05) is 24.3 Å². The van der Waals surface area contributed by atoms with E-state index in [0.29, 0.717) is 48.2 Å². The molecule has 2 rings (SSSR count). The zero-order chi connectivity index (χ0) is 27.8. The average molecular weight is 550 g/mol. The van der Waals surface area contributed by atoms with Gasteiger partial charge in [0.15, 0.2) is 11.9 Å². The summed E-state index contributed by atoms with van der Waals surface area (Å²) in [6.45, 7) is 2.44. The van der Waals surface area contributed by atoms with Crippen LogP contribution in [-0.2, 0) is 38.2 Å². The van der Waals surface area contributed by atoms with Crippen molar-refractivity contribution in [2.24, 2.45) is 0 Å². The number of anilines is 2. The lowest BCUT2D eigenvalue weighted by Gasteiger charge is -2.22. The van der Waals surface area contributed by atoms with Crippen molar-refractivity contribution in [3.8, 4) is 0 Å². The summed E-state index contributed by atoms with van der Waals surface area (Å²) in [6.07, 6.45) is 4.09. The number of carbonyl (C=O) groups is 4. The predicted molar refractivity (Wildman–Crippen MR) is 151 cm³/mol. The van der Waals surface area contributed by atoms with Crippen molar-refractivity contribution < 1.29 is 28.5 Å². The van der Waals surface area contributed by atoms with E-state index in [0.717, 1.165) is 30.9 Å². The Balaban J connectivity index is 0.00000334. The maximum absolute atomic E-state index is 12.9. The van der Waals surface area contributed by atoms with E-state index < -0.39 is 16.2 Å². The number of amides is 2. The normalized spacial score (nSPS) is 11.8. The number of benzene rings is 2. The van der Waals surface area contributed by atoms with Crippen molar-refractivity contribution >= 4 is 57.8 Å². The maximum Gasteiger partial charge on any atom is 0.236 e. The summed E-state index contributed by atoms with van der Waals surface area (Å²) in [5, 5.41) is 9.22. The summed E-state index contributed by atoms with van der Waals surface area (Å²) in [7, 11) is 1.30. The van der Waals surface area contributed by atoms with E-state index in [2.05, 4.69) is 17.0 Å². The van der Waals surface area contributed by atoms with E-state index in [4.69, 9.17) is 5.11 Å². The minimum absolute atomic E-state index is 0.158. The number of nitrogens with zero attached hydrogens (tertiary/aromatic N) is 1. The van der Waals surface area contributed by atoms with Crippen molar-refractivity contribution in [1.82, 2.24) is 4.90 Å². The molecule has 0 aliphatic rings. The zero-order valence-corrected chi connectivity index (χ0v) is 23.2. The van der Waals surface area contributed by atoms with Crippen molar-refractivity contribution in [2.75, 3.05) is 37.0 Å². The van der Waals surface area contributed by atoms with Gasteiger partial charge in [-0.05, 0) is 48.6 Å². The Kier molecular flexibility index (Phi) is 15.1. The van der Waals surface area contributed by atoms with E-state index in [1.165, 1.54) is 17.9 Å². The number of nitrogens with one attached hydrogen (secondary N) is 2. The maximum atomic E-state index is 12.9. The largest absolute Gasteiger partial charge is 0.400 e. The molecule has 0 spiro atoms. The van der Waals surface area contributed by atoms with Crippen LogP contribution >= 0.6 is 11.8 Å². The number of rotatable bonds is 14.